The van der Waals surface area contributed by atoms with Crippen molar-refractivity contribution in [2.45, 2.75) is 6.92 Å². The van der Waals surface area contributed by atoms with Crippen LogP contribution in [0.15, 0.2) is 36.9 Å². The number of hydrogen-bond donors (Lipinski definition) is 1. The van der Waals surface area contributed by atoms with Crippen molar-refractivity contribution in [3.05, 3.63) is 42.5 Å². The van der Waals surface area contributed by atoms with Gasteiger partial charge in [0.25, 0.3) is 0 Å². The monoisotopic (exact) mass is 261 g/mol. The summed E-state index contributed by atoms with van der Waals surface area (Å²) in [7, 11) is 3.18. The minimum atomic E-state index is -0.157. The van der Waals surface area contributed by atoms with Crippen LogP contribution in [0.25, 0.3) is 5.57 Å². The van der Waals surface area contributed by atoms with Gasteiger partial charge in [0.2, 0.25) is 5.91 Å². The zero-order chi connectivity index (χ0) is 14.3. The summed E-state index contributed by atoms with van der Waals surface area (Å²) >= 11 is 0. The fourth-order valence-electron chi connectivity index (χ4n) is 1.62. The summed E-state index contributed by atoms with van der Waals surface area (Å²) in [6, 6.07) is 5.48. The Kier molecular flexibility index (Phi) is 5.67. The number of amides is 1. The van der Waals surface area contributed by atoms with E-state index in [1.54, 1.807) is 26.4 Å². The summed E-state index contributed by atoms with van der Waals surface area (Å²) in [5.41, 5.74) is 1.68. The van der Waals surface area contributed by atoms with Crippen LogP contribution < -0.4 is 14.8 Å². The number of nitrogens with one attached hydrogen (secondary N) is 1. The summed E-state index contributed by atoms with van der Waals surface area (Å²) < 4.78 is 10.4. The van der Waals surface area contributed by atoms with E-state index in [9.17, 15) is 4.79 Å². The first-order valence-electron chi connectivity index (χ1n) is 5.91. The lowest BCUT2D eigenvalue weighted by Crippen LogP contribution is -2.20. The molecular weight excluding hydrogens is 242 g/mol. The second-order valence-electron chi connectivity index (χ2n) is 3.93. The van der Waals surface area contributed by atoms with Gasteiger partial charge in [-0.15, -0.1) is 6.58 Å². The molecule has 1 aromatic rings. The van der Waals surface area contributed by atoms with Crippen LogP contribution >= 0.6 is 0 Å². The average molecular weight is 261 g/mol. The quantitative estimate of drug-likeness (QED) is 0.632. The standard InChI is InChI=1S/C15H19NO3/c1-5-8-16-15(17)9-11(2)13-7-6-12(18-3)10-14(13)19-4/h5-7,9-10H,1,8H2,2-4H3,(H,16,17)/b11-9+. The molecule has 0 spiro atoms. The van der Waals surface area contributed by atoms with Crippen molar-refractivity contribution in [3.63, 3.8) is 0 Å². The number of allylic oxidation sites excluding steroid dienone is 1. The van der Waals surface area contributed by atoms with Crippen molar-refractivity contribution in [2.75, 3.05) is 20.8 Å². The van der Waals surface area contributed by atoms with Gasteiger partial charge in [-0.25, -0.2) is 0 Å². The lowest BCUT2D eigenvalue weighted by molar-refractivity contribution is -0.116. The fourth-order valence-corrected chi connectivity index (χ4v) is 1.62. The van der Waals surface area contributed by atoms with Crippen LogP contribution in [0.3, 0.4) is 0 Å². The summed E-state index contributed by atoms with van der Waals surface area (Å²) in [6.07, 6.45) is 3.17. The van der Waals surface area contributed by atoms with Crippen LogP contribution in [0, 0.1) is 0 Å². The highest BCUT2D eigenvalue weighted by atomic mass is 16.5. The first-order valence-corrected chi connectivity index (χ1v) is 5.91. The predicted octanol–water partition coefficient (Wildman–Crippen LogP) is 2.41. The Hall–Kier alpha value is -2.23. The molecule has 19 heavy (non-hydrogen) atoms. The largest absolute Gasteiger partial charge is 0.497 e. The van der Waals surface area contributed by atoms with E-state index in [-0.39, 0.29) is 5.91 Å². The molecule has 0 aromatic heterocycles. The van der Waals surface area contributed by atoms with Gasteiger partial charge in [0.15, 0.2) is 0 Å². The first kappa shape index (κ1) is 14.8. The van der Waals surface area contributed by atoms with Gasteiger partial charge in [0.05, 0.1) is 14.2 Å². The smallest absolute Gasteiger partial charge is 0.244 e. The lowest BCUT2D eigenvalue weighted by atomic mass is 10.1. The predicted molar refractivity (Wildman–Crippen MR) is 76.4 cm³/mol. The Morgan fingerprint density at radius 3 is 2.68 bits per heavy atom. The van der Waals surface area contributed by atoms with Crippen molar-refractivity contribution < 1.29 is 14.3 Å². The molecule has 0 unspecified atom stereocenters. The van der Waals surface area contributed by atoms with Gasteiger partial charge in [-0.05, 0) is 24.6 Å². The van der Waals surface area contributed by atoms with Gasteiger partial charge >= 0.3 is 0 Å². The molecule has 0 aliphatic rings. The van der Waals surface area contributed by atoms with Crippen LogP contribution in [-0.4, -0.2) is 26.7 Å². The summed E-state index contributed by atoms with van der Waals surface area (Å²) in [5, 5.41) is 2.69. The van der Waals surface area contributed by atoms with E-state index < -0.39 is 0 Å². The van der Waals surface area contributed by atoms with E-state index in [4.69, 9.17) is 9.47 Å². The number of ether oxygens (including phenoxy) is 2. The molecule has 102 valence electrons. The number of methoxy groups -OCH3 is 2. The fraction of sp³-hybridized carbons (Fsp3) is 0.267. The maximum absolute atomic E-state index is 11.6. The minimum absolute atomic E-state index is 0.157. The SMILES string of the molecule is C=CCNC(=O)/C=C(\C)c1ccc(OC)cc1OC. The van der Waals surface area contributed by atoms with Gasteiger partial charge in [-0.2, -0.15) is 0 Å². The minimum Gasteiger partial charge on any atom is -0.497 e. The van der Waals surface area contributed by atoms with Crippen molar-refractivity contribution in [1.29, 1.82) is 0 Å². The highest BCUT2D eigenvalue weighted by Crippen LogP contribution is 2.29. The van der Waals surface area contributed by atoms with Gasteiger partial charge in [-0.1, -0.05) is 6.08 Å². The third-order valence-corrected chi connectivity index (χ3v) is 2.60. The molecule has 0 bridgehead atoms. The molecule has 0 fully saturated rings. The highest BCUT2D eigenvalue weighted by Gasteiger charge is 2.08. The second kappa shape index (κ2) is 7.26. The summed E-state index contributed by atoms with van der Waals surface area (Å²) in [4.78, 5) is 11.6. The summed E-state index contributed by atoms with van der Waals surface area (Å²) in [5.74, 6) is 1.23. The maximum atomic E-state index is 11.6. The molecule has 1 N–H and O–H groups in total. The van der Waals surface area contributed by atoms with Crippen LogP contribution in [0.1, 0.15) is 12.5 Å². The Labute approximate surface area is 113 Å². The maximum Gasteiger partial charge on any atom is 0.244 e. The molecule has 1 rings (SSSR count). The molecular formula is C15H19NO3. The summed E-state index contributed by atoms with van der Waals surface area (Å²) in [6.45, 7) is 5.85. The topological polar surface area (TPSA) is 47.6 Å². The van der Waals surface area contributed by atoms with Gasteiger partial charge < -0.3 is 14.8 Å². The number of carbonyl (C=O) groups excluding carboxylic acids is 1. The molecule has 0 aliphatic carbocycles. The number of hydrogen-bond acceptors (Lipinski definition) is 3. The number of rotatable bonds is 6. The van der Waals surface area contributed by atoms with Crippen molar-refractivity contribution >= 4 is 11.5 Å². The van der Waals surface area contributed by atoms with Gasteiger partial charge in [0.1, 0.15) is 11.5 Å². The van der Waals surface area contributed by atoms with E-state index in [1.165, 1.54) is 6.08 Å². The number of carbonyl (C=O) groups is 1. The van der Waals surface area contributed by atoms with E-state index in [2.05, 4.69) is 11.9 Å². The number of benzene rings is 1. The van der Waals surface area contributed by atoms with Crippen LogP contribution in [0.4, 0.5) is 0 Å². The zero-order valence-electron chi connectivity index (χ0n) is 11.5. The van der Waals surface area contributed by atoms with Crippen molar-refractivity contribution in [1.82, 2.24) is 5.32 Å². The van der Waals surface area contributed by atoms with Gasteiger partial charge in [0, 0.05) is 24.3 Å². The molecule has 0 atom stereocenters. The van der Waals surface area contributed by atoms with E-state index in [0.29, 0.717) is 18.0 Å². The average Bonchev–Trinajstić information content (AvgIpc) is 2.44. The second-order valence-corrected chi connectivity index (χ2v) is 3.93. The van der Waals surface area contributed by atoms with Crippen molar-refractivity contribution in [3.8, 4) is 11.5 Å². The molecule has 0 heterocycles. The third-order valence-electron chi connectivity index (χ3n) is 2.60. The molecule has 4 heteroatoms. The van der Waals surface area contributed by atoms with Crippen molar-refractivity contribution in [2.24, 2.45) is 0 Å². The molecule has 0 aliphatic heterocycles. The normalized spacial score (nSPS) is 10.8. The lowest BCUT2D eigenvalue weighted by Gasteiger charge is -2.10. The van der Waals surface area contributed by atoms with E-state index in [0.717, 1.165) is 11.1 Å². The van der Waals surface area contributed by atoms with E-state index in [1.807, 2.05) is 19.1 Å². The molecule has 1 aromatic carbocycles. The van der Waals surface area contributed by atoms with Gasteiger partial charge in [-0.3, -0.25) is 4.79 Å². The molecule has 0 saturated heterocycles. The van der Waals surface area contributed by atoms with Crippen LogP contribution in [0.2, 0.25) is 0 Å². The molecule has 0 radical (unpaired) electrons. The Morgan fingerprint density at radius 2 is 2.11 bits per heavy atom. The molecule has 4 nitrogen and oxygen atoms in total. The Morgan fingerprint density at radius 1 is 1.37 bits per heavy atom. The highest BCUT2D eigenvalue weighted by molar-refractivity contribution is 5.95. The van der Waals surface area contributed by atoms with E-state index >= 15 is 0 Å². The Balaban J connectivity index is 2.98. The third kappa shape index (κ3) is 4.17. The van der Waals surface area contributed by atoms with Crippen LogP contribution in [-0.2, 0) is 4.79 Å². The molecule has 1 amide bonds. The molecule has 0 saturated carbocycles. The zero-order valence-corrected chi connectivity index (χ0v) is 11.5. The van der Waals surface area contributed by atoms with Crippen LogP contribution in [0.5, 0.6) is 11.5 Å². The first-order chi connectivity index (χ1) is 9.12. The Bertz CT molecular complexity index is 492.